The van der Waals surface area contributed by atoms with Gasteiger partial charge < -0.3 is 20.1 Å². The first kappa shape index (κ1) is 35.9. The molecule has 0 bridgehead atoms. The largest absolute Gasteiger partial charge is 0.466 e. The molecule has 6 heteroatoms. The molecule has 0 aromatic rings. The number of rotatable bonds is 29. The highest BCUT2D eigenvalue weighted by Gasteiger charge is 2.07. The first-order valence-corrected chi connectivity index (χ1v) is 15.9. The van der Waals surface area contributed by atoms with Gasteiger partial charge in [-0.2, -0.15) is 0 Å². The molecule has 0 aliphatic heterocycles. The molecule has 0 saturated carbocycles. The van der Waals surface area contributed by atoms with E-state index in [1.54, 1.807) is 0 Å². The molecule has 6 nitrogen and oxygen atoms in total. The van der Waals surface area contributed by atoms with Crippen molar-refractivity contribution >= 4 is 11.9 Å². The SMILES string of the molecule is CCCCCCCOC(=O)CCCCCCN(CCCN)CCCCCCC(=O)OCCCCCCC. The van der Waals surface area contributed by atoms with Crippen LogP contribution in [0.1, 0.15) is 149 Å². The summed E-state index contributed by atoms with van der Waals surface area (Å²) in [5.74, 6) is -0.0635. The number of carbonyl (C=O) groups is 2. The molecule has 0 spiro atoms. The van der Waals surface area contributed by atoms with Crippen LogP contribution in [0.3, 0.4) is 0 Å². The zero-order valence-electron chi connectivity index (χ0n) is 24.7. The summed E-state index contributed by atoms with van der Waals surface area (Å²) in [6, 6.07) is 0. The lowest BCUT2D eigenvalue weighted by Gasteiger charge is -2.22. The maximum atomic E-state index is 11.8. The van der Waals surface area contributed by atoms with E-state index in [0.29, 0.717) is 26.1 Å². The fourth-order valence-corrected chi connectivity index (χ4v) is 4.49. The third-order valence-corrected chi connectivity index (χ3v) is 6.91. The summed E-state index contributed by atoms with van der Waals surface area (Å²) in [6.07, 6.45) is 22.7. The van der Waals surface area contributed by atoms with Gasteiger partial charge in [0.05, 0.1) is 13.2 Å². The molecule has 0 fully saturated rings. The van der Waals surface area contributed by atoms with E-state index >= 15 is 0 Å². The summed E-state index contributed by atoms with van der Waals surface area (Å²) >= 11 is 0. The van der Waals surface area contributed by atoms with Crippen LogP contribution in [0.15, 0.2) is 0 Å². The number of carbonyl (C=O) groups excluding carboxylic acids is 2. The van der Waals surface area contributed by atoms with Crippen LogP contribution in [0.2, 0.25) is 0 Å². The Morgan fingerprint density at radius 1 is 0.514 bits per heavy atom. The molecular weight excluding hydrogens is 464 g/mol. The second-order valence-corrected chi connectivity index (χ2v) is 10.6. The molecule has 0 aromatic carbocycles. The molecule has 2 N–H and O–H groups in total. The average Bonchev–Trinajstić information content (AvgIpc) is 2.90. The molecule has 0 atom stereocenters. The van der Waals surface area contributed by atoms with Crippen molar-refractivity contribution < 1.29 is 19.1 Å². The van der Waals surface area contributed by atoms with Crippen molar-refractivity contribution in [1.82, 2.24) is 4.90 Å². The van der Waals surface area contributed by atoms with Gasteiger partial charge in [0.1, 0.15) is 0 Å². The molecular formula is C31H62N2O4. The van der Waals surface area contributed by atoms with Gasteiger partial charge in [0.15, 0.2) is 0 Å². The van der Waals surface area contributed by atoms with Gasteiger partial charge in [-0.15, -0.1) is 0 Å². The minimum atomic E-state index is -0.0317. The van der Waals surface area contributed by atoms with Crippen LogP contribution >= 0.6 is 0 Å². The summed E-state index contributed by atoms with van der Waals surface area (Å²) in [5, 5.41) is 0. The van der Waals surface area contributed by atoms with E-state index in [9.17, 15) is 9.59 Å². The lowest BCUT2D eigenvalue weighted by atomic mass is 10.1. The van der Waals surface area contributed by atoms with Crippen molar-refractivity contribution in [2.75, 3.05) is 39.4 Å². The van der Waals surface area contributed by atoms with Crippen LogP contribution in [0.25, 0.3) is 0 Å². The zero-order valence-corrected chi connectivity index (χ0v) is 24.7. The Labute approximate surface area is 229 Å². The van der Waals surface area contributed by atoms with Gasteiger partial charge in [-0.3, -0.25) is 9.59 Å². The molecule has 0 heterocycles. The van der Waals surface area contributed by atoms with Crippen LogP contribution in [0, 0.1) is 0 Å². The molecule has 0 aliphatic carbocycles. The van der Waals surface area contributed by atoms with Crippen molar-refractivity contribution in [3.05, 3.63) is 0 Å². The first-order chi connectivity index (χ1) is 18.1. The lowest BCUT2D eigenvalue weighted by Crippen LogP contribution is -2.28. The second kappa shape index (κ2) is 29.4. The Balaban J connectivity index is 3.69. The lowest BCUT2D eigenvalue weighted by molar-refractivity contribution is -0.144. The normalized spacial score (nSPS) is 11.2. The topological polar surface area (TPSA) is 81.9 Å². The second-order valence-electron chi connectivity index (χ2n) is 10.6. The highest BCUT2D eigenvalue weighted by atomic mass is 16.5. The Morgan fingerprint density at radius 3 is 1.32 bits per heavy atom. The van der Waals surface area contributed by atoms with Gasteiger partial charge in [0.25, 0.3) is 0 Å². The molecule has 0 aliphatic rings. The number of hydrogen-bond donors (Lipinski definition) is 1. The Hall–Kier alpha value is -1.14. The molecule has 0 radical (unpaired) electrons. The predicted octanol–water partition coefficient (Wildman–Crippen LogP) is 7.57. The minimum Gasteiger partial charge on any atom is -0.466 e. The third kappa shape index (κ3) is 27.7. The zero-order chi connectivity index (χ0) is 27.2. The van der Waals surface area contributed by atoms with E-state index in [0.717, 1.165) is 96.8 Å². The first-order valence-electron chi connectivity index (χ1n) is 15.9. The van der Waals surface area contributed by atoms with Gasteiger partial charge in [0.2, 0.25) is 0 Å². The highest BCUT2D eigenvalue weighted by molar-refractivity contribution is 5.69. The number of ether oxygens (including phenoxy) is 2. The van der Waals surface area contributed by atoms with Gasteiger partial charge in [-0.1, -0.05) is 90.9 Å². The minimum absolute atomic E-state index is 0.0317. The van der Waals surface area contributed by atoms with Gasteiger partial charge in [-0.25, -0.2) is 0 Å². The van der Waals surface area contributed by atoms with Crippen LogP contribution < -0.4 is 5.73 Å². The highest BCUT2D eigenvalue weighted by Crippen LogP contribution is 2.10. The van der Waals surface area contributed by atoms with Crippen molar-refractivity contribution in [1.29, 1.82) is 0 Å². The van der Waals surface area contributed by atoms with E-state index in [2.05, 4.69) is 18.7 Å². The molecule has 0 rings (SSSR count). The molecule has 220 valence electrons. The monoisotopic (exact) mass is 526 g/mol. The molecule has 0 saturated heterocycles. The van der Waals surface area contributed by atoms with Crippen LogP contribution in [0.4, 0.5) is 0 Å². The molecule has 0 unspecified atom stereocenters. The predicted molar refractivity (Wildman–Crippen MR) is 156 cm³/mol. The molecule has 0 aromatic heterocycles. The Kier molecular flexibility index (Phi) is 28.5. The van der Waals surface area contributed by atoms with E-state index in [1.807, 2.05) is 0 Å². The summed E-state index contributed by atoms with van der Waals surface area (Å²) in [4.78, 5) is 26.2. The smallest absolute Gasteiger partial charge is 0.305 e. The molecule has 37 heavy (non-hydrogen) atoms. The van der Waals surface area contributed by atoms with E-state index < -0.39 is 0 Å². The number of nitrogens with zero attached hydrogens (tertiary/aromatic N) is 1. The standard InChI is InChI=1S/C31H62N2O4/c1-3-5-7-13-19-28-36-30(34)22-15-9-11-17-25-33(27-21-24-32)26-18-12-10-16-23-31(35)37-29-20-14-8-6-4-2/h3-29,32H2,1-2H3. The van der Waals surface area contributed by atoms with Crippen molar-refractivity contribution in [3.63, 3.8) is 0 Å². The van der Waals surface area contributed by atoms with E-state index in [1.165, 1.54) is 51.4 Å². The van der Waals surface area contributed by atoms with E-state index in [-0.39, 0.29) is 11.9 Å². The van der Waals surface area contributed by atoms with E-state index in [4.69, 9.17) is 15.2 Å². The number of hydrogen-bond acceptors (Lipinski definition) is 6. The van der Waals surface area contributed by atoms with Gasteiger partial charge in [0, 0.05) is 12.8 Å². The van der Waals surface area contributed by atoms with Crippen LogP contribution in [0.5, 0.6) is 0 Å². The fourth-order valence-electron chi connectivity index (χ4n) is 4.49. The summed E-state index contributed by atoms with van der Waals surface area (Å²) in [7, 11) is 0. The summed E-state index contributed by atoms with van der Waals surface area (Å²) < 4.78 is 10.7. The Morgan fingerprint density at radius 2 is 0.892 bits per heavy atom. The summed E-state index contributed by atoms with van der Waals surface area (Å²) in [6.45, 7) is 9.59. The van der Waals surface area contributed by atoms with Crippen molar-refractivity contribution in [2.24, 2.45) is 5.73 Å². The molecule has 0 amide bonds. The van der Waals surface area contributed by atoms with Crippen molar-refractivity contribution in [2.45, 2.75) is 149 Å². The van der Waals surface area contributed by atoms with Gasteiger partial charge >= 0.3 is 11.9 Å². The van der Waals surface area contributed by atoms with Crippen LogP contribution in [-0.4, -0.2) is 56.2 Å². The summed E-state index contributed by atoms with van der Waals surface area (Å²) in [5.41, 5.74) is 5.74. The van der Waals surface area contributed by atoms with Crippen LogP contribution in [-0.2, 0) is 19.1 Å². The number of esters is 2. The third-order valence-electron chi connectivity index (χ3n) is 6.91. The Bertz CT molecular complexity index is 462. The van der Waals surface area contributed by atoms with Gasteiger partial charge in [-0.05, 0) is 71.1 Å². The maximum Gasteiger partial charge on any atom is 0.305 e. The number of nitrogens with two attached hydrogens (primary N) is 1. The van der Waals surface area contributed by atoms with Crippen molar-refractivity contribution in [3.8, 4) is 0 Å². The average molecular weight is 527 g/mol. The number of unbranched alkanes of at least 4 members (excludes halogenated alkanes) is 14. The quantitative estimate of drug-likeness (QED) is 0.0799. The fraction of sp³-hybridized carbons (Fsp3) is 0.935. The maximum absolute atomic E-state index is 11.8.